The standard InChI is InChI=1S/C23H24N2O4/c1-17(8-9-18-6-4-3-5-7-18)25-22(26)16-29-23(27)20(15-24)14-19-10-12-21(28-2)13-11-19/h3-7,10-14,17H,8-9,16H2,1-2H3,(H,25,26)/b20-14+/t17-/m1/s1. The molecule has 2 aromatic rings. The minimum atomic E-state index is -0.838. The first kappa shape index (κ1) is 21.7. The second-order valence-corrected chi connectivity index (χ2v) is 6.51. The third-order valence-electron chi connectivity index (χ3n) is 4.22. The van der Waals surface area contributed by atoms with E-state index in [1.54, 1.807) is 37.4 Å². The molecule has 0 bridgehead atoms. The molecule has 1 atom stereocenters. The van der Waals surface area contributed by atoms with E-state index < -0.39 is 18.5 Å². The SMILES string of the molecule is COc1ccc(/C=C(\C#N)C(=O)OCC(=O)N[C@H](C)CCc2ccccc2)cc1. The zero-order chi connectivity index (χ0) is 21.1. The molecular weight excluding hydrogens is 368 g/mol. The van der Waals surface area contributed by atoms with Gasteiger partial charge in [-0.05, 0) is 49.1 Å². The van der Waals surface area contributed by atoms with Crippen LogP contribution in [-0.2, 0) is 20.7 Å². The Morgan fingerprint density at radius 1 is 1.14 bits per heavy atom. The normalized spacial score (nSPS) is 11.8. The Bertz CT molecular complexity index is 883. The fourth-order valence-corrected chi connectivity index (χ4v) is 2.63. The number of amides is 1. The summed E-state index contributed by atoms with van der Waals surface area (Å²) < 4.78 is 10.0. The molecular formula is C23H24N2O4. The van der Waals surface area contributed by atoms with Crippen LogP contribution in [-0.4, -0.2) is 31.6 Å². The van der Waals surface area contributed by atoms with Gasteiger partial charge in [0.25, 0.3) is 5.91 Å². The lowest BCUT2D eigenvalue weighted by Crippen LogP contribution is -2.36. The summed E-state index contributed by atoms with van der Waals surface area (Å²) in [7, 11) is 1.55. The number of benzene rings is 2. The van der Waals surface area contributed by atoms with Crippen LogP contribution in [0, 0.1) is 11.3 Å². The van der Waals surface area contributed by atoms with E-state index in [2.05, 4.69) is 5.32 Å². The Labute approximate surface area is 170 Å². The van der Waals surface area contributed by atoms with Crippen molar-refractivity contribution < 1.29 is 19.1 Å². The molecule has 6 heteroatoms. The summed E-state index contributed by atoms with van der Waals surface area (Å²) >= 11 is 0. The van der Waals surface area contributed by atoms with Gasteiger partial charge in [-0.3, -0.25) is 4.79 Å². The predicted molar refractivity (Wildman–Crippen MR) is 110 cm³/mol. The van der Waals surface area contributed by atoms with E-state index in [0.29, 0.717) is 11.3 Å². The third-order valence-corrected chi connectivity index (χ3v) is 4.22. The topological polar surface area (TPSA) is 88.4 Å². The van der Waals surface area contributed by atoms with Crippen molar-refractivity contribution >= 4 is 18.0 Å². The number of nitrogens with zero attached hydrogens (tertiary/aromatic N) is 1. The molecule has 1 amide bonds. The predicted octanol–water partition coefficient (Wildman–Crippen LogP) is 3.28. The zero-order valence-electron chi connectivity index (χ0n) is 16.6. The van der Waals surface area contributed by atoms with Crippen LogP contribution in [0.1, 0.15) is 24.5 Å². The monoisotopic (exact) mass is 392 g/mol. The number of rotatable bonds is 9. The van der Waals surface area contributed by atoms with E-state index in [9.17, 15) is 14.9 Å². The van der Waals surface area contributed by atoms with Crippen molar-refractivity contribution in [1.82, 2.24) is 5.32 Å². The molecule has 2 rings (SSSR count). The molecule has 0 aromatic heterocycles. The highest BCUT2D eigenvalue weighted by molar-refractivity contribution is 5.98. The van der Waals surface area contributed by atoms with Crippen molar-refractivity contribution in [3.05, 3.63) is 71.3 Å². The highest BCUT2D eigenvalue weighted by Crippen LogP contribution is 2.14. The Kier molecular flexibility index (Phi) is 8.46. The highest BCUT2D eigenvalue weighted by Gasteiger charge is 2.14. The average molecular weight is 392 g/mol. The minimum absolute atomic E-state index is 0.0633. The smallest absolute Gasteiger partial charge is 0.349 e. The molecule has 1 N–H and O–H groups in total. The van der Waals surface area contributed by atoms with Crippen molar-refractivity contribution in [1.29, 1.82) is 5.26 Å². The van der Waals surface area contributed by atoms with E-state index in [1.165, 1.54) is 11.6 Å². The molecule has 6 nitrogen and oxygen atoms in total. The first-order valence-corrected chi connectivity index (χ1v) is 9.28. The summed E-state index contributed by atoms with van der Waals surface area (Å²) in [4.78, 5) is 24.1. The zero-order valence-corrected chi connectivity index (χ0v) is 16.6. The summed E-state index contributed by atoms with van der Waals surface area (Å²) in [6.07, 6.45) is 3.01. The molecule has 0 heterocycles. The number of aryl methyl sites for hydroxylation is 1. The molecule has 150 valence electrons. The van der Waals surface area contributed by atoms with Gasteiger partial charge in [-0.15, -0.1) is 0 Å². The number of esters is 1. The number of methoxy groups -OCH3 is 1. The second kappa shape index (κ2) is 11.3. The largest absolute Gasteiger partial charge is 0.497 e. The van der Waals surface area contributed by atoms with E-state index in [-0.39, 0.29) is 11.6 Å². The van der Waals surface area contributed by atoms with Gasteiger partial charge in [0, 0.05) is 6.04 Å². The maximum atomic E-state index is 12.1. The number of nitriles is 1. The van der Waals surface area contributed by atoms with Gasteiger partial charge in [-0.1, -0.05) is 42.5 Å². The molecule has 0 aliphatic rings. The van der Waals surface area contributed by atoms with Gasteiger partial charge in [-0.25, -0.2) is 4.79 Å². The summed E-state index contributed by atoms with van der Waals surface area (Å²) in [5, 5.41) is 12.0. The van der Waals surface area contributed by atoms with Gasteiger partial charge < -0.3 is 14.8 Å². The number of ether oxygens (including phenoxy) is 2. The van der Waals surface area contributed by atoms with Crippen molar-refractivity contribution in [3.8, 4) is 11.8 Å². The molecule has 0 fully saturated rings. The van der Waals surface area contributed by atoms with E-state index in [0.717, 1.165) is 12.8 Å². The summed E-state index contributed by atoms with van der Waals surface area (Å²) in [5.41, 5.74) is 1.67. The number of carbonyl (C=O) groups excluding carboxylic acids is 2. The van der Waals surface area contributed by atoms with Gasteiger partial charge in [-0.2, -0.15) is 5.26 Å². The van der Waals surface area contributed by atoms with Crippen LogP contribution < -0.4 is 10.1 Å². The van der Waals surface area contributed by atoms with Crippen LogP contribution in [0.2, 0.25) is 0 Å². The van der Waals surface area contributed by atoms with E-state index >= 15 is 0 Å². The Balaban J connectivity index is 1.80. The van der Waals surface area contributed by atoms with Gasteiger partial charge in [0.1, 0.15) is 17.4 Å². The quantitative estimate of drug-likeness (QED) is 0.402. The highest BCUT2D eigenvalue weighted by atomic mass is 16.5. The fraction of sp³-hybridized carbons (Fsp3) is 0.261. The lowest BCUT2D eigenvalue weighted by Gasteiger charge is -2.14. The van der Waals surface area contributed by atoms with Gasteiger partial charge in [0.2, 0.25) is 0 Å². The van der Waals surface area contributed by atoms with Crippen molar-refractivity contribution in [2.24, 2.45) is 0 Å². The Morgan fingerprint density at radius 3 is 2.45 bits per heavy atom. The number of nitrogens with one attached hydrogen (secondary N) is 1. The summed E-state index contributed by atoms with van der Waals surface area (Å²) in [6.45, 7) is 1.46. The maximum Gasteiger partial charge on any atom is 0.349 e. The van der Waals surface area contributed by atoms with Crippen LogP contribution in [0.5, 0.6) is 5.75 Å². The second-order valence-electron chi connectivity index (χ2n) is 6.51. The molecule has 0 unspecified atom stereocenters. The Morgan fingerprint density at radius 2 is 1.83 bits per heavy atom. The average Bonchev–Trinajstić information content (AvgIpc) is 2.75. The first-order valence-electron chi connectivity index (χ1n) is 9.28. The van der Waals surface area contributed by atoms with Crippen LogP contribution in [0.25, 0.3) is 6.08 Å². The van der Waals surface area contributed by atoms with E-state index in [1.807, 2.05) is 37.3 Å². The molecule has 0 aliphatic heterocycles. The fourth-order valence-electron chi connectivity index (χ4n) is 2.63. The lowest BCUT2D eigenvalue weighted by atomic mass is 10.1. The molecule has 0 saturated carbocycles. The van der Waals surface area contributed by atoms with Crippen LogP contribution in [0.15, 0.2) is 60.2 Å². The van der Waals surface area contributed by atoms with Crippen LogP contribution in [0.4, 0.5) is 0 Å². The van der Waals surface area contributed by atoms with Crippen molar-refractivity contribution in [2.75, 3.05) is 13.7 Å². The first-order chi connectivity index (χ1) is 14.0. The molecule has 0 radical (unpaired) electrons. The Hall–Kier alpha value is -3.59. The van der Waals surface area contributed by atoms with Crippen LogP contribution in [0.3, 0.4) is 0 Å². The minimum Gasteiger partial charge on any atom is -0.497 e. The molecule has 2 aromatic carbocycles. The maximum absolute atomic E-state index is 12.1. The number of hydrogen-bond acceptors (Lipinski definition) is 5. The van der Waals surface area contributed by atoms with Crippen molar-refractivity contribution in [3.63, 3.8) is 0 Å². The van der Waals surface area contributed by atoms with Gasteiger partial charge in [0.15, 0.2) is 6.61 Å². The van der Waals surface area contributed by atoms with Gasteiger partial charge in [0.05, 0.1) is 7.11 Å². The lowest BCUT2D eigenvalue weighted by molar-refractivity contribution is -0.144. The number of hydrogen-bond donors (Lipinski definition) is 1. The molecule has 0 spiro atoms. The van der Waals surface area contributed by atoms with Gasteiger partial charge >= 0.3 is 5.97 Å². The molecule has 0 aliphatic carbocycles. The number of carbonyl (C=O) groups is 2. The molecule has 29 heavy (non-hydrogen) atoms. The summed E-state index contributed by atoms with van der Waals surface area (Å²) in [6, 6.07) is 18.6. The third kappa shape index (κ3) is 7.51. The van der Waals surface area contributed by atoms with Crippen molar-refractivity contribution in [2.45, 2.75) is 25.8 Å². The van der Waals surface area contributed by atoms with Crippen LogP contribution >= 0.6 is 0 Å². The summed E-state index contributed by atoms with van der Waals surface area (Å²) in [5.74, 6) is -0.572. The molecule has 0 saturated heterocycles. The van der Waals surface area contributed by atoms with E-state index in [4.69, 9.17) is 9.47 Å².